The quantitative estimate of drug-likeness (QED) is 0.510. The number of thiol groups is 2. The Kier molecular flexibility index (Phi) is 4.49. The van der Waals surface area contributed by atoms with Gasteiger partial charge in [0.25, 0.3) is 0 Å². The van der Waals surface area contributed by atoms with Crippen LogP contribution in [0, 0.1) is 0 Å². The van der Waals surface area contributed by atoms with E-state index >= 15 is 0 Å². The van der Waals surface area contributed by atoms with Crippen LogP contribution in [0.15, 0.2) is 0 Å². The highest BCUT2D eigenvalue weighted by Crippen LogP contribution is 2.18. The van der Waals surface area contributed by atoms with E-state index in [0.717, 1.165) is 13.1 Å². The van der Waals surface area contributed by atoms with Crippen LogP contribution >= 0.6 is 49.7 Å². The zero-order chi connectivity index (χ0) is 10.9. The first-order valence-electron chi connectivity index (χ1n) is 4.42. The Morgan fingerprint density at radius 2 is 1.29 bits per heavy atom. The van der Waals surface area contributed by atoms with Crippen LogP contribution in [0.2, 0.25) is 0 Å². The van der Waals surface area contributed by atoms with Crippen LogP contribution in [0.3, 0.4) is 0 Å². The van der Waals surface area contributed by atoms with Crippen LogP contribution in [0.1, 0.15) is 13.8 Å². The van der Waals surface area contributed by atoms with Gasteiger partial charge in [0.15, 0.2) is 0 Å². The summed E-state index contributed by atoms with van der Waals surface area (Å²) in [5.74, 6) is 0. The summed E-state index contributed by atoms with van der Waals surface area (Å²) in [6, 6.07) is 0.697. The molecule has 0 aliphatic carbocycles. The third-order valence-electron chi connectivity index (χ3n) is 2.48. The summed E-state index contributed by atoms with van der Waals surface area (Å²) in [4.78, 5) is 4.23. The molecule has 6 heteroatoms. The van der Waals surface area contributed by atoms with Crippen LogP contribution in [-0.4, -0.2) is 43.6 Å². The molecule has 0 aromatic carbocycles. The SMILES string of the molecule is C[C@H]1CN(C(=S)S)[C@@H](C)CN1C(=S)S. The summed E-state index contributed by atoms with van der Waals surface area (Å²) in [5.41, 5.74) is 0. The minimum Gasteiger partial charge on any atom is -0.351 e. The molecule has 2 nitrogen and oxygen atoms in total. The van der Waals surface area contributed by atoms with Crippen molar-refractivity contribution < 1.29 is 0 Å². The molecule has 0 spiro atoms. The Bertz CT molecular complexity index is 230. The Balaban J connectivity index is 2.71. The van der Waals surface area contributed by atoms with Crippen LogP contribution in [0.25, 0.3) is 0 Å². The fraction of sp³-hybridized carbons (Fsp3) is 0.750. The predicted octanol–water partition coefficient (Wildman–Crippen LogP) is 1.81. The molecule has 1 aliphatic heterocycles. The minimum atomic E-state index is 0.348. The van der Waals surface area contributed by atoms with Crippen molar-refractivity contribution in [1.29, 1.82) is 0 Å². The van der Waals surface area contributed by atoms with Crippen molar-refractivity contribution >= 4 is 58.3 Å². The zero-order valence-corrected chi connectivity index (χ0v) is 11.6. The van der Waals surface area contributed by atoms with Gasteiger partial charge in [-0.3, -0.25) is 0 Å². The lowest BCUT2D eigenvalue weighted by Gasteiger charge is -2.44. The number of piperazine rings is 1. The molecule has 0 unspecified atom stereocenters. The van der Waals surface area contributed by atoms with Gasteiger partial charge in [-0.2, -0.15) is 0 Å². The molecule has 2 atom stereocenters. The molecule has 0 radical (unpaired) electrons. The highest BCUT2D eigenvalue weighted by Gasteiger charge is 2.29. The standard InChI is InChI=1S/C8H14N2S4/c1-5-3-10(8(13)14)6(2)4-9(5)7(11)12/h5-6H,3-4H2,1-2H3,(H,11,12)(H,13,14)/t5-,6-/m0/s1. The number of thiocarbonyl (C=S) groups is 2. The maximum absolute atomic E-state index is 5.07. The van der Waals surface area contributed by atoms with E-state index < -0.39 is 0 Å². The molecule has 80 valence electrons. The van der Waals surface area contributed by atoms with Gasteiger partial charge in [0.1, 0.15) is 8.64 Å². The molecule has 1 saturated heterocycles. The third-order valence-corrected chi connectivity index (χ3v) is 3.46. The van der Waals surface area contributed by atoms with E-state index in [1.54, 1.807) is 0 Å². The van der Waals surface area contributed by atoms with Gasteiger partial charge >= 0.3 is 0 Å². The van der Waals surface area contributed by atoms with E-state index in [4.69, 9.17) is 24.4 Å². The Morgan fingerprint density at radius 1 is 1.00 bits per heavy atom. The van der Waals surface area contributed by atoms with Crippen molar-refractivity contribution in [3.63, 3.8) is 0 Å². The summed E-state index contributed by atoms with van der Waals surface area (Å²) in [6.45, 7) is 5.97. The smallest absolute Gasteiger partial charge is 0.133 e. The molecule has 0 saturated carbocycles. The number of rotatable bonds is 0. The second-order valence-electron chi connectivity index (χ2n) is 3.57. The van der Waals surface area contributed by atoms with Crippen LogP contribution in [0.5, 0.6) is 0 Å². The minimum absolute atomic E-state index is 0.348. The van der Waals surface area contributed by atoms with Crippen molar-refractivity contribution in [1.82, 2.24) is 9.80 Å². The average Bonchev–Trinajstić information content (AvgIpc) is 2.07. The second-order valence-corrected chi connectivity index (χ2v) is 5.79. The number of hydrogen-bond acceptors (Lipinski definition) is 2. The monoisotopic (exact) mass is 266 g/mol. The summed E-state index contributed by atoms with van der Waals surface area (Å²) < 4.78 is 1.32. The number of hydrogen-bond donors (Lipinski definition) is 2. The topological polar surface area (TPSA) is 6.48 Å². The lowest BCUT2D eigenvalue weighted by atomic mass is 10.1. The van der Waals surface area contributed by atoms with Gasteiger partial charge in [0, 0.05) is 25.2 Å². The van der Waals surface area contributed by atoms with E-state index in [2.05, 4.69) is 48.9 Å². The zero-order valence-electron chi connectivity index (χ0n) is 8.17. The lowest BCUT2D eigenvalue weighted by molar-refractivity contribution is 0.155. The predicted molar refractivity (Wildman–Crippen MR) is 75.5 cm³/mol. The molecule has 0 aromatic rings. The molecule has 1 rings (SSSR count). The summed E-state index contributed by atoms with van der Waals surface area (Å²) in [5, 5.41) is 0. The number of nitrogens with zero attached hydrogens (tertiary/aromatic N) is 2. The van der Waals surface area contributed by atoms with Crippen LogP contribution < -0.4 is 0 Å². The Hall–Kier alpha value is 0.480. The molecule has 1 heterocycles. The summed E-state index contributed by atoms with van der Waals surface area (Å²) >= 11 is 18.6. The maximum Gasteiger partial charge on any atom is 0.133 e. The van der Waals surface area contributed by atoms with Crippen molar-refractivity contribution in [2.75, 3.05) is 13.1 Å². The first kappa shape index (κ1) is 12.5. The largest absolute Gasteiger partial charge is 0.351 e. The van der Waals surface area contributed by atoms with Gasteiger partial charge in [-0.25, -0.2) is 0 Å². The van der Waals surface area contributed by atoms with E-state index in [9.17, 15) is 0 Å². The maximum atomic E-state index is 5.07. The molecule has 1 fully saturated rings. The van der Waals surface area contributed by atoms with Crippen molar-refractivity contribution in [2.24, 2.45) is 0 Å². The second kappa shape index (κ2) is 5.01. The highest BCUT2D eigenvalue weighted by atomic mass is 32.1. The van der Waals surface area contributed by atoms with Crippen molar-refractivity contribution in [3.05, 3.63) is 0 Å². The fourth-order valence-electron chi connectivity index (χ4n) is 1.66. The normalized spacial score (nSPS) is 27.7. The molecular formula is C8H14N2S4. The molecule has 0 bridgehead atoms. The summed E-state index contributed by atoms with van der Waals surface area (Å²) in [7, 11) is 0. The van der Waals surface area contributed by atoms with Gasteiger partial charge in [0.2, 0.25) is 0 Å². The van der Waals surface area contributed by atoms with Crippen LogP contribution in [0.4, 0.5) is 0 Å². The van der Waals surface area contributed by atoms with E-state index in [1.807, 2.05) is 0 Å². The average molecular weight is 266 g/mol. The van der Waals surface area contributed by atoms with Gasteiger partial charge in [-0.05, 0) is 13.8 Å². The van der Waals surface area contributed by atoms with Gasteiger partial charge in [0.05, 0.1) is 0 Å². The molecule has 1 aliphatic rings. The first-order valence-corrected chi connectivity index (χ1v) is 6.13. The molecule has 0 amide bonds. The molecule has 14 heavy (non-hydrogen) atoms. The first-order chi connectivity index (χ1) is 6.43. The van der Waals surface area contributed by atoms with E-state index in [0.29, 0.717) is 20.7 Å². The van der Waals surface area contributed by atoms with Crippen molar-refractivity contribution in [2.45, 2.75) is 25.9 Å². The van der Waals surface area contributed by atoms with Gasteiger partial charge < -0.3 is 9.80 Å². The molecule has 0 aromatic heterocycles. The fourth-order valence-corrected chi connectivity index (χ4v) is 2.73. The lowest BCUT2D eigenvalue weighted by Crippen LogP contribution is -2.57. The third kappa shape index (κ3) is 2.74. The van der Waals surface area contributed by atoms with Crippen LogP contribution in [-0.2, 0) is 0 Å². The van der Waals surface area contributed by atoms with E-state index in [1.165, 1.54) is 0 Å². The molecular weight excluding hydrogens is 252 g/mol. The Labute approximate surface area is 107 Å². The van der Waals surface area contributed by atoms with Gasteiger partial charge in [-0.1, -0.05) is 24.4 Å². The van der Waals surface area contributed by atoms with Crippen molar-refractivity contribution in [3.8, 4) is 0 Å². The van der Waals surface area contributed by atoms with E-state index in [-0.39, 0.29) is 0 Å². The highest BCUT2D eigenvalue weighted by molar-refractivity contribution is 8.11. The summed E-state index contributed by atoms with van der Waals surface area (Å²) in [6.07, 6.45) is 0. The Morgan fingerprint density at radius 3 is 1.50 bits per heavy atom. The van der Waals surface area contributed by atoms with Gasteiger partial charge in [-0.15, -0.1) is 25.3 Å². The molecule has 0 N–H and O–H groups in total.